The van der Waals surface area contributed by atoms with E-state index in [2.05, 4.69) is 5.32 Å². The lowest BCUT2D eigenvalue weighted by atomic mass is 9.89. The fourth-order valence-corrected chi connectivity index (χ4v) is 5.28. The predicted octanol–water partition coefficient (Wildman–Crippen LogP) is 5.03. The summed E-state index contributed by atoms with van der Waals surface area (Å²) in [7, 11) is 4.66. The maximum atomic E-state index is 13.2. The van der Waals surface area contributed by atoms with Crippen LogP contribution < -0.4 is 19.5 Å². The van der Waals surface area contributed by atoms with E-state index in [9.17, 15) is 15.0 Å². The fourth-order valence-electron chi connectivity index (χ4n) is 5.28. The van der Waals surface area contributed by atoms with Crippen molar-refractivity contribution in [3.05, 3.63) is 84.4 Å². The van der Waals surface area contributed by atoms with Crippen LogP contribution in [0, 0.1) is 0 Å². The number of nitrogens with one attached hydrogen (secondary N) is 1. The molecule has 0 radical (unpaired) electrons. The monoisotopic (exact) mass is 573 g/mol. The van der Waals surface area contributed by atoms with Crippen LogP contribution in [0.3, 0.4) is 0 Å². The van der Waals surface area contributed by atoms with E-state index in [0.717, 1.165) is 21.9 Å². The van der Waals surface area contributed by atoms with Gasteiger partial charge < -0.3 is 39.2 Å². The maximum absolute atomic E-state index is 13.2. The van der Waals surface area contributed by atoms with Gasteiger partial charge in [0.1, 0.15) is 35.6 Å². The Morgan fingerprint density at radius 1 is 0.833 bits per heavy atom. The summed E-state index contributed by atoms with van der Waals surface area (Å²) in [6.07, 6.45) is -4.25. The van der Waals surface area contributed by atoms with Crippen molar-refractivity contribution in [2.45, 2.75) is 44.1 Å². The van der Waals surface area contributed by atoms with Crippen molar-refractivity contribution in [2.75, 3.05) is 26.6 Å². The molecule has 9 heteroatoms. The van der Waals surface area contributed by atoms with Crippen LogP contribution in [0.25, 0.3) is 21.9 Å². The molecule has 42 heavy (non-hydrogen) atoms. The molecule has 1 aliphatic rings. The Kier molecular flexibility index (Phi) is 8.38. The molecule has 220 valence electrons. The van der Waals surface area contributed by atoms with Gasteiger partial charge in [-0.15, -0.1) is 0 Å². The molecule has 3 N–H and O–H groups in total. The van der Waals surface area contributed by atoms with Gasteiger partial charge in [0, 0.05) is 23.9 Å². The molecule has 0 saturated carbocycles. The summed E-state index contributed by atoms with van der Waals surface area (Å²) in [5.74, 6) is 1.55. The van der Waals surface area contributed by atoms with Crippen molar-refractivity contribution in [3.63, 3.8) is 0 Å². The van der Waals surface area contributed by atoms with Crippen LogP contribution in [-0.4, -0.2) is 67.7 Å². The van der Waals surface area contributed by atoms with E-state index in [0.29, 0.717) is 28.5 Å². The quantitative estimate of drug-likeness (QED) is 0.269. The molecule has 0 aliphatic carbocycles. The number of benzene rings is 4. The van der Waals surface area contributed by atoms with E-state index in [1.807, 2.05) is 48.5 Å². The summed E-state index contributed by atoms with van der Waals surface area (Å²) in [5, 5.41) is 25.8. The van der Waals surface area contributed by atoms with Gasteiger partial charge in [-0.1, -0.05) is 24.3 Å². The Morgan fingerprint density at radius 2 is 1.60 bits per heavy atom. The van der Waals surface area contributed by atoms with Gasteiger partial charge in [0.05, 0.1) is 19.8 Å². The van der Waals surface area contributed by atoms with Gasteiger partial charge >= 0.3 is 0 Å². The standard InChI is InChI=1S/C33H35NO8/c1-33(2)30(40-5)28(35)29(36)32(42-33)41-25-13-10-19-15-23(12-9-20(19)16-25)34-31(37)22-11-14-27(39-4)26(18-22)21-7-6-8-24(17-21)38-3/h6-18,28-30,32,35-36H,1-5H3,(H,34,37)/t28-,29-,30+,32+/m0/s1. The average molecular weight is 574 g/mol. The lowest BCUT2D eigenvalue weighted by Crippen LogP contribution is -2.63. The molecule has 5 rings (SSSR count). The largest absolute Gasteiger partial charge is 0.497 e. The molecule has 1 fully saturated rings. The Hall–Kier alpha value is -4.15. The van der Waals surface area contributed by atoms with Crippen LogP contribution in [0.4, 0.5) is 5.69 Å². The van der Waals surface area contributed by atoms with Gasteiger partial charge in [0.2, 0.25) is 6.29 Å². The molecule has 0 aromatic heterocycles. The molecule has 1 heterocycles. The predicted molar refractivity (Wildman–Crippen MR) is 159 cm³/mol. The minimum Gasteiger partial charge on any atom is -0.497 e. The lowest BCUT2D eigenvalue weighted by molar-refractivity contribution is -0.305. The minimum absolute atomic E-state index is 0.264. The van der Waals surface area contributed by atoms with Crippen molar-refractivity contribution in [1.82, 2.24) is 0 Å². The molecule has 9 nitrogen and oxygen atoms in total. The first-order chi connectivity index (χ1) is 20.1. The van der Waals surface area contributed by atoms with E-state index < -0.39 is 30.2 Å². The smallest absolute Gasteiger partial charge is 0.255 e. The van der Waals surface area contributed by atoms with Crippen molar-refractivity contribution < 1.29 is 38.7 Å². The number of carbonyl (C=O) groups is 1. The zero-order chi connectivity index (χ0) is 30.0. The SMILES string of the molecule is COc1cccc(-c2cc(C(=O)Nc3ccc4cc(O[C@@H]5OC(C)(C)[C@H](OC)[C@@H](O)[C@@H]5O)ccc4c3)ccc2OC)c1. The van der Waals surface area contributed by atoms with Crippen LogP contribution in [0.15, 0.2) is 78.9 Å². The average Bonchev–Trinajstić information content (AvgIpc) is 2.99. The Balaban J connectivity index is 1.32. The number of hydrogen-bond acceptors (Lipinski definition) is 8. The third-order valence-corrected chi connectivity index (χ3v) is 7.46. The van der Waals surface area contributed by atoms with Crippen LogP contribution in [-0.2, 0) is 9.47 Å². The fraction of sp³-hybridized carbons (Fsp3) is 0.303. The van der Waals surface area contributed by atoms with Gasteiger partial charge in [-0.05, 0) is 84.8 Å². The molecule has 0 bridgehead atoms. The van der Waals surface area contributed by atoms with Gasteiger partial charge in [0.25, 0.3) is 5.91 Å². The number of fused-ring (bicyclic) bond motifs is 1. The zero-order valence-corrected chi connectivity index (χ0v) is 24.2. The maximum Gasteiger partial charge on any atom is 0.255 e. The highest BCUT2D eigenvalue weighted by molar-refractivity contribution is 6.06. The second-order valence-electron chi connectivity index (χ2n) is 10.7. The highest BCUT2D eigenvalue weighted by Crippen LogP contribution is 2.35. The molecular formula is C33H35NO8. The Labute approximate surface area is 244 Å². The normalized spacial score (nSPS) is 21.5. The summed E-state index contributed by atoms with van der Waals surface area (Å²) in [5.41, 5.74) is 1.87. The summed E-state index contributed by atoms with van der Waals surface area (Å²) in [6.45, 7) is 3.54. The van der Waals surface area contributed by atoms with E-state index in [1.54, 1.807) is 58.4 Å². The number of amides is 1. The molecule has 0 unspecified atom stereocenters. The van der Waals surface area contributed by atoms with Crippen molar-refractivity contribution >= 4 is 22.4 Å². The van der Waals surface area contributed by atoms with Gasteiger partial charge in [0.15, 0.2) is 0 Å². The van der Waals surface area contributed by atoms with E-state index >= 15 is 0 Å². The van der Waals surface area contributed by atoms with Gasteiger partial charge in [-0.2, -0.15) is 0 Å². The highest BCUT2D eigenvalue weighted by Gasteiger charge is 2.50. The second kappa shape index (κ2) is 12.0. The zero-order valence-electron chi connectivity index (χ0n) is 24.2. The van der Waals surface area contributed by atoms with E-state index in [4.69, 9.17) is 23.7 Å². The number of anilines is 1. The first kappa shape index (κ1) is 29.3. The Bertz CT molecular complexity index is 1590. The van der Waals surface area contributed by atoms with Crippen LogP contribution >= 0.6 is 0 Å². The van der Waals surface area contributed by atoms with Gasteiger partial charge in [-0.3, -0.25) is 4.79 Å². The molecular weight excluding hydrogens is 538 g/mol. The summed E-state index contributed by atoms with van der Waals surface area (Å²) >= 11 is 0. The van der Waals surface area contributed by atoms with Crippen LogP contribution in [0.1, 0.15) is 24.2 Å². The third kappa shape index (κ3) is 5.91. The molecule has 4 aromatic rings. The van der Waals surface area contributed by atoms with Crippen molar-refractivity contribution in [3.8, 4) is 28.4 Å². The summed E-state index contributed by atoms with van der Waals surface area (Å²) < 4.78 is 28.1. The Morgan fingerprint density at radius 3 is 2.33 bits per heavy atom. The molecule has 1 amide bonds. The van der Waals surface area contributed by atoms with E-state index in [-0.39, 0.29) is 5.91 Å². The number of ether oxygens (including phenoxy) is 5. The minimum atomic E-state index is -1.29. The molecule has 4 aromatic carbocycles. The summed E-state index contributed by atoms with van der Waals surface area (Å²) in [4.78, 5) is 13.2. The molecule has 1 aliphatic heterocycles. The van der Waals surface area contributed by atoms with Gasteiger partial charge in [-0.25, -0.2) is 0 Å². The van der Waals surface area contributed by atoms with Crippen molar-refractivity contribution in [2.24, 2.45) is 0 Å². The highest BCUT2D eigenvalue weighted by atomic mass is 16.7. The summed E-state index contributed by atoms with van der Waals surface area (Å²) in [6, 6.07) is 23.8. The number of hydrogen-bond donors (Lipinski definition) is 3. The first-order valence-corrected chi connectivity index (χ1v) is 13.5. The number of methoxy groups -OCH3 is 3. The molecule has 4 atom stereocenters. The van der Waals surface area contributed by atoms with Crippen LogP contribution in [0.2, 0.25) is 0 Å². The third-order valence-electron chi connectivity index (χ3n) is 7.46. The topological polar surface area (TPSA) is 116 Å². The molecule has 0 spiro atoms. The first-order valence-electron chi connectivity index (χ1n) is 13.5. The number of carbonyl (C=O) groups excluding carboxylic acids is 1. The molecule has 1 saturated heterocycles. The lowest BCUT2D eigenvalue weighted by Gasteiger charge is -2.46. The number of rotatable bonds is 8. The van der Waals surface area contributed by atoms with Crippen molar-refractivity contribution in [1.29, 1.82) is 0 Å². The van der Waals surface area contributed by atoms with E-state index in [1.165, 1.54) is 7.11 Å². The van der Waals surface area contributed by atoms with Crippen LogP contribution in [0.5, 0.6) is 17.2 Å². The number of aliphatic hydroxyl groups excluding tert-OH is 2. The number of aliphatic hydroxyl groups is 2. The second-order valence-corrected chi connectivity index (χ2v) is 10.7.